The van der Waals surface area contributed by atoms with Crippen LogP contribution in [0.2, 0.25) is 0 Å². The molecule has 0 bridgehead atoms. The Bertz CT molecular complexity index is 454. The average molecular weight is 295 g/mol. The van der Waals surface area contributed by atoms with Crippen molar-refractivity contribution in [1.29, 1.82) is 0 Å². The standard InChI is InChI=1S/C15H22FN3O2/c1-3-11(4-2)14(20)19-7-5-13(6-8-19)21-15-17-9-12(16)10-18-15/h9-11,13H,3-8H2,1-2H3. The van der Waals surface area contributed by atoms with Crippen LogP contribution < -0.4 is 4.74 Å². The van der Waals surface area contributed by atoms with Gasteiger partial charge in [-0.1, -0.05) is 13.8 Å². The van der Waals surface area contributed by atoms with Gasteiger partial charge in [-0.25, -0.2) is 14.4 Å². The van der Waals surface area contributed by atoms with E-state index in [1.165, 1.54) is 0 Å². The number of likely N-dealkylation sites (tertiary alicyclic amines) is 1. The van der Waals surface area contributed by atoms with Crippen molar-refractivity contribution < 1.29 is 13.9 Å². The van der Waals surface area contributed by atoms with Crippen LogP contribution in [0.5, 0.6) is 6.01 Å². The second kappa shape index (κ2) is 7.33. The van der Waals surface area contributed by atoms with E-state index in [0.29, 0.717) is 13.1 Å². The molecule has 1 aromatic rings. The van der Waals surface area contributed by atoms with Crippen LogP contribution in [-0.4, -0.2) is 40.0 Å². The van der Waals surface area contributed by atoms with Crippen LogP contribution >= 0.6 is 0 Å². The number of nitrogens with zero attached hydrogens (tertiary/aromatic N) is 3. The minimum atomic E-state index is -0.479. The van der Waals surface area contributed by atoms with E-state index < -0.39 is 5.82 Å². The van der Waals surface area contributed by atoms with Crippen LogP contribution in [0, 0.1) is 11.7 Å². The lowest BCUT2D eigenvalue weighted by atomic mass is 9.99. The van der Waals surface area contributed by atoms with Gasteiger partial charge in [-0.05, 0) is 12.8 Å². The van der Waals surface area contributed by atoms with Gasteiger partial charge in [0.05, 0.1) is 12.4 Å². The van der Waals surface area contributed by atoms with E-state index in [9.17, 15) is 9.18 Å². The van der Waals surface area contributed by atoms with Crippen LogP contribution in [-0.2, 0) is 4.79 Å². The summed E-state index contributed by atoms with van der Waals surface area (Å²) in [6.07, 6.45) is 5.45. The predicted molar refractivity (Wildman–Crippen MR) is 76.3 cm³/mol. The summed E-state index contributed by atoms with van der Waals surface area (Å²) >= 11 is 0. The lowest BCUT2D eigenvalue weighted by Gasteiger charge is -2.33. The van der Waals surface area contributed by atoms with Crippen molar-refractivity contribution in [3.8, 4) is 6.01 Å². The predicted octanol–water partition coefficient (Wildman–Crippen LogP) is 2.42. The molecule has 6 heteroatoms. The second-order valence-electron chi connectivity index (χ2n) is 5.34. The van der Waals surface area contributed by atoms with E-state index in [-0.39, 0.29) is 23.9 Å². The molecule has 0 aliphatic carbocycles. The summed E-state index contributed by atoms with van der Waals surface area (Å²) in [6, 6.07) is 0.196. The lowest BCUT2D eigenvalue weighted by molar-refractivity contribution is -0.137. The van der Waals surface area contributed by atoms with E-state index >= 15 is 0 Å². The molecule has 1 aliphatic heterocycles. The maximum Gasteiger partial charge on any atom is 0.316 e. The second-order valence-corrected chi connectivity index (χ2v) is 5.34. The molecule has 2 heterocycles. The molecule has 116 valence electrons. The highest BCUT2D eigenvalue weighted by atomic mass is 19.1. The Hall–Kier alpha value is -1.72. The number of piperidine rings is 1. The summed E-state index contributed by atoms with van der Waals surface area (Å²) in [5, 5.41) is 0. The Balaban J connectivity index is 1.83. The number of aromatic nitrogens is 2. The minimum Gasteiger partial charge on any atom is -0.460 e. The van der Waals surface area contributed by atoms with E-state index in [1.54, 1.807) is 0 Å². The molecule has 0 N–H and O–H groups in total. The van der Waals surface area contributed by atoms with Crippen LogP contribution in [0.3, 0.4) is 0 Å². The Morgan fingerprint density at radius 2 is 1.90 bits per heavy atom. The fraction of sp³-hybridized carbons (Fsp3) is 0.667. The monoisotopic (exact) mass is 295 g/mol. The maximum atomic E-state index is 12.7. The van der Waals surface area contributed by atoms with E-state index in [4.69, 9.17) is 4.74 Å². The number of ether oxygens (including phenoxy) is 1. The third-order valence-corrected chi connectivity index (χ3v) is 3.96. The molecule has 0 aromatic carbocycles. The van der Waals surface area contributed by atoms with Crippen molar-refractivity contribution >= 4 is 5.91 Å². The Morgan fingerprint density at radius 3 is 2.43 bits per heavy atom. The quantitative estimate of drug-likeness (QED) is 0.837. The van der Waals surface area contributed by atoms with Crippen LogP contribution in [0.15, 0.2) is 12.4 Å². The van der Waals surface area contributed by atoms with Crippen LogP contribution in [0.25, 0.3) is 0 Å². The van der Waals surface area contributed by atoms with Gasteiger partial charge in [0.25, 0.3) is 0 Å². The summed E-state index contributed by atoms with van der Waals surface area (Å²) in [4.78, 5) is 21.8. The highest BCUT2D eigenvalue weighted by Crippen LogP contribution is 2.19. The third-order valence-electron chi connectivity index (χ3n) is 3.96. The van der Waals surface area contributed by atoms with Gasteiger partial charge in [-0.15, -0.1) is 0 Å². The average Bonchev–Trinajstić information content (AvgIpc) is 2.51. The molecule has 21 heavy (non-hydrogen) atoms. The third kappa shape index (κ3) is 4.12. The Morgan fingerprint density at radius 1 is 1.33 bits per heavy atom. The van der Waals surface area contributed by atoms with Crippen molar-refractivity contribution in [2.45, 2.75) is 45.6 Å². The van der Waals surface area contributed by atoms with Gasteiger partial charge in [-0.3, -0.25) is 4.79 Å². The molecule has 0 radical (unpaired) electrons. The Labute approximate surface area is 124 Å². The molecule has 1 fully saturated rings. The highest BCUT2D eigenvalue weighted by Gasteiger charge is 2.27. The molecular formula is C15H22FN3O2. The SMILES string of the molecule is CCC(CC)C(=O)N1CCC(Oc2ncc(F)cn2)CC1. The number of carbonyl (C=O) groups excluding carboxylic acids is 1. The summed E-state index contributed by atoms with van der Waals surface area (Å²) in [5.41, 5.74) is 0. The lowest BCUT2D eigenvalue weighted by Crippen LogP contribution is -2.44. The first-order chi connectivity index (χ1) is 10.1. The van der Waals surface area contributed by atoms with Gasteiger partial charge in [-0.2, -0.15) is 0 Å². The van der Waals surface area contributed by atoms with E-state index in [1.807, 2.05) is 18.7 Å². The molecule has 5 nitrogen and oxygen atoms in total. The molecule has 2 rings (SSSR count). The minimum absolute atomic E-state index is 0.0128. The van der Waals surface area contributed by atoms with Crippen molar-refractivity contribution in [3.05, 3.63) is 18.2 Å². The van der Waals surface area contributed by atoms with E-state index in [0.717, 1.165) is 38.1 Å². The van der Waals surface area contributed by atoms with Crippen molar-refractivity contribution in [3.63, 3.8) is 0 Å². The van der Waals surface area contributed by atoms with Crippen LogP contribution in [0.1, 0.15) is 39.5 Å². The van der Waals surface area contributed by atoms with Crippen molar-refractivity contribution in [1.82, 2.24) is 14.9 Å². The number of hydrogen-bond acceptors (Lipinski definition) is 4. The summed E-state index contributed by atoms with van der Waals surface area (Å²) in [5.74, 6) is -0.104. The zero-order chi connectivity index (χ0) is 15.2. The largest absolute Gasteiger partial charge is 0.460 e. The molecule has 1 saturated heterocycles. The fourth-order valence-electron chi connectivity index (χ4n) is 2.60. The molecule has 0 unspecified atom stereocenters. The van der Waals surface area contributed by atoms with Gasteiger partial charge < -0.3 is 9.64 Å². The highest BCUT2D eigenvalue weighted by molar-refractivity contribution is 5.78. The molecule has 1 aliphatic rings. The fourth-order valence-corrected chi connectivity index (χ4v) is 2.60. The molecular weight excluding hydrogens is 273 g/mol. The summed E-state index contributed by atoms with van der Waals surface area (Å²) < 4.78 is 18.3. The van der Waals surface area contributed by atoms with Crippen molar-refractivity contribution in [2.75, 3.05) is 13.1 Å². The van der Waals surface area contributed by atoms with Crippen molar-refractivity contribution in [2.24, 2.45) is 5.92 Å². The topological polar surface area (TPSA) is 55.3 Å². The molecule has 0 saturated carbocycles. The summed E-state index contributed by atoms with van der Waals surface area (Å²) in [7, 11) is 0. The van der Waals surface area contributed by atoms with Gasteiger partial charge in [0.2, 0.25) is 5.91 Å². The summed E-state index contributed by atoms with van der Waals surface area (Å²) in [6.45, 7) is 5.49. The zero-order valence-electron chi connectivity index (χ0n) is 12.6. The number of amides is 1. The molecule has 1 amide bonds. The number of rotatable bonds is 5. The number of carbonyl (C=O) groups is 1. The maximum absolute atomic E-state index is 12.7. The molecule has 0 spiro atoms. The molecule has 1 aromatic heterocycles. The van der Waals surface area contributed by atoms with E-state index in [2.05, 4.69) is 9.97 Å². The van der Waals surface area contributed by atoms with Gasteiger partial charge in [0, 0.05) is 31.8 Å². The van der Waals surface area contributed by atoms with Gasteiger partial charge in [0.15, 0.2) is 5.82 Å². The Kier molecular flexibility index (Phi) is 5.47. The number of hydrogen-bond donors (Lipinski definition) is 0. The smallest absolute Gasteiger partial charge is 0.316 e. The normalized spacial score (nSPS) is 16.3. The first-order valence-electron chi connectivity index (χ1n) is 7.57. The van der Waals surface area contributed by atoms with Gasteiger partial charge in [0.1, 0.15) is 6.10 Å². The van der Waals surface area contributed by atoms with Gasteiger partial charge >= 0.3 is 6.01 Å². The van der Waals surface area contributed by atoms with Crippen LogP contribution in [0.4, 0.5) is 4.39 Å². The number of halogens is 1. The zero-order valence-corrected chi connectivity index (χ0v) is 12.6. The first-order valence-corrected chi connectivity index (χ1v) is 7.57. The first kappa shape index (κ1) is 15.7. The molecule has 0 atom stereocenters.